The van der Waals surface area contributed by atoms with Crippen LogP contribution < -0.4 is 11.1 Å². The molecule has 0 saturated carbocycles. The molecule has 0 radical (unpaired) electrons. The number of rotatable bonds is 4. The number of nitrogens with one attached hydrogen (secondary N) is 2. The third-order valence-corrected chi connectivity index (χ3v) is 2.89. The summed E-state index contributed by atoms with van der Waals surface area (Å²) in [5.74, 6) is 0.0280. The Labute approximate surface area is 100 Å². The quantitative estimate of drug-likeness (QED) is 0.733. The molecule has 1 amide bonds. The molecule has 0 bridgehead atoms. The van der Waals surface area contributed by atoms with Crippen LogP contribution in [0.25, 0.3) is 10.9 Å². The number of nitrogens with two attached hydrogens (primary N) is 1. The fraction of sp³-hybridized carbons (Fsp3) is 0.308. The minimum atomic E-state index is 0.0280. The summed E-state index contributed by atoms with van der Waals surface area (Å²) in [6, 6.07) is 6.04. The van der Waals surface area contributed by atoms with Gasteiger partial charge in [0.1, 0.15) is 0 Å². The van der Waals surface area contributed by atoms with Gasteiger partial charge in [-0.05, 0) is 36.2 Å². The Kier molecular flexibility index (Phi) is 3.44. The van der Waals surface area contributed by atoms with Crippen molar-refractivity contribution in [1.82, 2.24) is 10.3 Å². The predicted molar refractivity (Wildman–Crippen MR) is 68.8 cm³/mol. The lowest BCUT2D eigenvalue weighted by molar-refractivity contribution is -0.119. The molecule has 0 unspecified atom stereocenters. The minimum Gasteiger partial charge on any atom is -0.361 e. The van der Waals surface area contributed by atoms with Gasteiger partial charge in [0.05, 0.1) is 6.42 Å². The van der Waals surface area contributed by atoms with Gasteiger partial charge in [0, 0.05) is 24.1 Å². The van der Waals surface area contributed by atoms with Crippen molar-refractivity contribution in [1.29, 1.82) is 0 Å². The van der Waals surface area contributed by atoms with E-state index in [9.17, 15) is 4.79 Å². The number of likely N-dealkylation sites (N-methyl/N-ethyl adjacent to an activating group) is 1. The monoisotopic (exact) mass is 231 g/mol. The summed E-state index contributed by atoms with van der Waals surface area (Å²) in [5.41, 5.74) is 8.90. The summed E-state index contributed by atoms with van der Waals surface area (Å²) in [4.78, 5) is 14.5. The summed E-state index contributed by atoms with van der Waals surface area (Å²) in [6.07, 6.45) is 3.25. The molecule has 0 aliphatic carbocycles. The van der Waals surface area contributed by atoms with E-state index in [2.05, 4.69) is 16.4 Å². The lowest BCUT2D eigenvalue weighted by Crippen LogP contribution is -2.19. The van der Waals surface area contributed by atoms with Crippen molar-refractivity contribution >= 4 is 16.8 Å². The highest BCUT2D eigenvalue weighted by Gasteiger charge is 2.06. The van der Waals surface area contributed by atoms with E-state index in [0.29, 0.717) is 13.0 Å². The average molecular weight is 231 g/mol. The maximum Gasteiger partial charge on any atom is 0.224 e. The fourth-order valence-electron chi connectivity index (χ4n) is 1.97. The zero-order valence-electron chi connectivity index (χ0n) is 9.92. The van der Waals surface area contributed by atoms with Crippen LogP contribution in [-0.4, -0.2) is 24.5 Å². The van der Waals surface area contributed by atoms with Crippen LogP contribution >= 0.6 is 0 Å². The van der Waals surface area contributed by atoms with Gasteiger partial charge in [-0.25, -0.2) is 0 Å². The largest absolute Gasteiger partial charge is 0.361 e. The minimum absolute atomic E-state index is 0.0280. The van der Waals surface area contributed by atoms with Gasteiger partial charge in [-0.15, -0.1) is 0 Å². The third-order valence-electron chi connectivity index (χ3n) is 2.89. The van der Waals surface area contributed by atoms with E-state index in [4.69, 9.17) is 5.73 Å². The molecular weight excluding hydrogens is 214 g/mol. The lowest BCUT2D eigenvalue weighted by atomic mass is 10.1. The number of amides is 1. The van der Waals surface area contributed by atoms with Crippen molar-refractivity contribution in [3.63, 3.8) is 0 Å². The van der Waals surface area contributed by atoms with Gasteiger partial charge in [-0.1, -0.05) is 6.07 Å². The number of hydrogen-bond donors (Lipinski definition) is 3. The Morgan fingerprint density at radius 2 is 2.29 bits per heavy atom. The van der Waals surface area contributed by atoms with E-state index in [0.717, 1.165) is 22.9 Å². The van der Waals surface area contributed by atoms with Gasteiger partial charge < -0.3 is 16.0 Å². The second kappa shape index (κ2) is 5.01. The highest BCUT2D eigenvalue weighted by molar-refractivity contribution is 5.86. The summed E-state index contributed by atoms with van der Waals surface area (Å²) in [7, 11) is 1.65. The molecule has 1 heterocycles. The molecule has 4 nitrogen and oxygen atoms in total. The number of aromatic nitrogens is 1. The number of benzene rings is 1. The van der Waals surface area contributed by atoms with Gasteiger partial charge in [-0.3, -0.25) is 4.79 Å². The molecule has 1 aromatic carbocycles. The van der Waals surface area contributed by atoms with E-state index < -0.39 is 0 Å². The van der Waals surface area contributed by atoms with E-state index in [1.165, 1.54) is 5.56 Å². The van der Waals surface area contributed by atoms with E-state index in [1.54, 1.807) is 7.05 Å². The normalized spacial score (nSPS) is 10.7. The van der Waals surface area contributed by atoms with Crippen LogP contribution in [0.2, 0.25) is 0 Å². The molecule has 0 fully saturated rings. The Morgan fingerprint density at radius 1 is 1.47 bits per heavy atom. The van der Waals surface area contributed by atoms with Crippen LogP contribution in [0.1, 0.15) is 11.1 Å². The molecule has 0 atom stereocenters. The Bertz CT molecular complexity index is 530. The number of carbonyl (C=O) groups excluding carboxylic acids is 1. The average Bonchev–Trinajstić information content (AvgIpc) is 2.73. The maximum atomic E-state index is 11.3. The van der Waals surface area contributed by atoms with Crippen LogP contribution in [0.15, 0.2) is 24.4 Å². The molecule has 2 rings (SSSR count). The molecule has 0 aliphatic rings. The van der Waals surface area contributed by atoms with Crippen LogP contribution in [0.5, 0.6) is 0 Å². The topological polar surface area (TPSA) is 70.9 Å². The van der Waals surface area contributed by atoms with Crippen molar-refractivity contribution in [2.45, 2.75) is 12.8 Å². The summed E-state index contributed by atoms with van der Waals surface area (Å²) < 4.78 is 0. The van der Waals surface area contributed by atoms with Crippen LogP contribution in [0, 0.1) is 0 Å². The SMILES string of the molecule is CNC(=O)Cc1ccc2[nH]cc(CCN)c2c1. The Balaban J connectivity index is 2.33. The van der Waals surface area contributed by atoms with Crippen molar-refractivity contribution in [2.75, 3.05) is 13.6 Å². The van der Waals surface area contributed by atoms with Gasteiger partial charge in [0.15, 0.2) is 0 Å². The third kappa shape index (κ3) is 2.47. The van der Waals surface area contributed by atoms with Gasteiger partial charge in [0.2, 0.25) is 5.91 Å². The van der Waals surface area contributed by atoms with Crippen LogP contribution in [0.3, 0.4) is 0 Å². The highest BCUT2D eigenvalue weighted by atomic mass is 16.1. The van der Waals surface area contributed by atoms with Crippen molar-refractivity contribution < 1.29 is 4.79 Å². The number of carbonyl (C=O) groups is 1. The van der Waals surface area contributed by atoms with Gasteiger partial charge in [-0.2, -0.15) is 0 Å². The first-order valence-electron chi connectivity index (χ1n) is 5.74. The van der Waals surface area contributed by atoms with E-state index in [1.807, 2.05) is 18.3 Å². The summed E-state index contributed by atoms with van der Waals surface area (Å²) >= 11 is 0. The Morgan fingerprint density at radius 3 is 3.00 bits per heavy atom. The molecule has 17 heavy (non-hydrogen) atoms. The van der Waals surface area contributed by atoms with E-state index in [-0.39, 0.29) is 5.91 Å². The molecule has 4 heteroatoms. The zero-order valence-corrected chi connectivity index (χ0v) is 9.92. The van der Waals surface area contributed by atoms with Crippen molar-refractivity contribution in [3.05, 3.63) is 35.5 Å². The molecule has 0 aliphatic heterocycles. The molecule has 90 valence electrons. The molecule has 4 N–H and O–H groups in total. The van der Waals surface area contributed by atoms with Crippen molar-refractivity contribution in [2.24, 2.45) is 5.73 Å². The van der Waals surface area contributed by atoms with Gasteiger partial charge in [0.25, 0.3) is 0 Å². The second-order valence-electron chi connectivity index (χ2n) is 4.08. The highest BCUT2D eigenvalue weighted by Crippen LogP contribution is 2.20. The first-order chi connectivity index (χ1) is 8.24. The standard InChI is InChI=1S/C13H17N3O/c1-15-13(17)7-9-2-3-12-11(6-9)10(4-5-14)8-16-12/h2-3,6,8,16H,4-5,7,14H2,1H3,(H,15,17). The first-order valence-corrected chi connectivity index (χ1v) is 5.74. The Hall–Kier alpha value is -1.81. The molecule has 1 aromatic heterocycles. The zero-order chi connectivity index (χ0) is 12.3. The number of fused-ring (bicyclic) bond motifs is 1. The predicted octanol–water partition coefficient (Wildman–Crippen LogP) is 0.958. The first kappa shape index (κ1) is 11.7. The van der Waals surface area contributed by atoms with Crippen molar-refractivity contribution in [3.8, 4) is 0 Å². The second-order valence-corrected chi connectivity index (χ2v) is 4.08. The molecule has 0 spiro atoms. The van der Waals surface area contributed by atoms with E-state index >= 15 is 0 Å². The summed E-state index contributed by atoms with van der Waals surface area (Å²) in [5, 5.41) is 3.79. The smallest absolute Gasteiger partial charge is 0.224 e. The van der Waals surface area contributed by atoms with Gasteiger partial charge >= 0.3 is 0 Å². The number of H-pyrrole nitrogens is 1. The van der Waals surface area contributed by atoms with Crippen LogP contribution in [0.4, 0.5) is 0 Å². The number of hydrogen-bond acceptors (Lipinski definition) is 2. The molecule has 0 saturated heterocycles. The van der Waals surface area contributed by atoms with Crippen LogP contribution in [-0.2, 0) is 17.6 Å². The maximum absolute atomic E-state index is 11.3. The number of aromatic amines is 1. The molecule has 2 aromatic rings. The fourth-order valence-corrected chi connectivity index (χ4v) is 1.97. The molecular formula is C13H17N3O. The summed E-state index contributed by atoms with van der Waals surface area (Å²) in [6.45, 7) is 0.632. The lowest BCUT2D eigenvalue weighted by Gasteiger charge is -2.02.